The Hall–Kier alpha value is -2.51. The summed E-state index contributed by atoms with van der Waals surface area (Å²) in [6.07, 6.45) is 5.94. The van der Waals surface area contributed by atoms with Crippen LogP contribution >= 0.6 is 0 Å². The van der Waals surface area contributed by atoms with Gasteiger partial charge in [0, 0.05) is 28.1 Å². The number of allylic oxidation sites excluding steroid dienone is 3. The fourth-order valence-corrected chi connectivity index (χ4v) is 8.03. The molecule has 2 heterocycles. The third-order valence-electron chi connectivity index (χ3n) is 9.54. The van der Waals surface area contributed by atoms with Crippen molar-refractivity contribution in [2.24, 2.45) is 28.1 Å². The maximum absolute atomic E-state index is 13.6. The Morgan fingerprint density at radius 1 is 1.29 bits per heavy atom. The number of fused-ring (bicyclic) bond motifs is 4. The van der Waals surface area contributed by atoms with Gasteiger partial charge in [-0.3, -0.25) is 9.59 Å². The summed E-state index contributed by atoms with van der Waals surface area (Å²) in [5.41, 5.74) is 0.197. The highest BCUT2D eigenvalue weighted by Gasteiger charge is 2.73. The quantitative estimate of drug-likeness (QED) is 0.410. The normalized spacial score (nSPS) is 45.1. The molecule has 0 radical (unpaired) electrons. The average Bonchev–Trinajstić information content (AvgIpc) is 3.51. The first-order valence-corrected chi connectivity index (χ1v) is 11.9. The van der Waals surface area contributed by atoms with E-state index in [4.69, 9.17) is 13.9 Å². The number of hydrogen-bond donors (Lipinski definition) is 1. The number of carbonyl (C=O) groups is 3. The highest BCUT2D eigenvalue weighted by molar-refractivity contribution is 5.98. The zero-order valence-electron chi connectivity index (χ0n) is 20.2. The summed E-state index contributed by atoms with van der Waals surface area (Å²) in [6.45, 7) is 7.62. The molecule has 9 unspecified atom stereocenters. The van der Waals surface area contributed by atoms with Crippen LogP contribution in [0.15, 0.2) is 46.3 Å². The van der Waals surface area contributed by atoms with Crippen LogP contribution in [0.5, 0.6) is 0 Å². The Balaban J connectivity index is 1.73. The van der Waals surface area contributed by atoms with E-state index in [2.05, 4.69) is 6.92 Å². The predicted molar refractivity (Wildman–Crippen MR) is 122 cm³/mol. The number of ketones is 1. The lowest BCUT2D eigenvalue weighted by Gasteiger charge is -2.61. The van der Waals surface area contributed by atoms with Gasteiger partial charge in [0.15, 0.2) is 5.78 Å². The minimum atomic E-state index is -1.16. The number of aliphatic hydroxyl groups excluding tert-OH is 1. The van der Waals surface area contributed by atoms with Crippen LogP contribution in [0.3, 0.4) is 0 Å². The highest BCUT2D eigenvalue weighted by Crippen LogP contribution is 2.69. The van der Waals surface area contributed by atoms with Crippen molar-refractivity contribution in [3.05, 3.63) is 47.5 Å². The summed E-state index contributed by atoms with van der Waals surface area (Å²) in [6, 6.07) is 1.94. The van der Waals surface area contributed by atoms with E-state index < -0.39 is 46.3 Å². The number of carbonyl (C=O) groups excluding carboxylic acids is 3. The van der Waals surface area contributed by atoms with Crippen LogP contribution in [0.2, 0.25) is 0 Å². The number of aliphatic hydroxyl groups is 1. The van der Waals surface area contributed by atoms with Gasteiger partial charge in [0.2, 0.25) is 0 Å². The number of ether oxygens (including phenoxy) is 2. The van der Waals surface area contributed by atoms with Gasteiger partial charge in [-0.25, -0.2) is 0 Å². The topological polar surface area (TPSA) is 103 Å². The summed E-state index contributed by atoms with van der Waals surface area (Å²) >= 11 is 0. The maximum Gasteiger partial charge on any atom is 0.305 e. The SMILES string of the molecule is COC(=O)CC1C2(C)C3=C(C)C(c4ccoc4)CC3OC2C(O)C2C(C)(C=O)C=CC(=O)C21C. The molecule has 1 aromatic rings. The molecule has 0 bridgehead atoms. The van der Waals surface area contributed by atoms with E-state index in [1.54, 1.807) is 32.4 Å². The molecule has 9 atom stereocenters. The minimum Gasteiger partial charge on any atom is -0.472 e. The van der Waals surface area contributed by atoms with E-state index in [1.807, 2.05) is 13.0 Å². The zero-order valence-corrected chi connectivity index (χ0v) is 20.2. The first-order valence-electron chi connectivity index (χ1n) is 11.9. The Bertz CT molecular complexity index is 1100. The second kappa shape index (κ2) is 7.49. The smallest absolute Gasteiger partial charge is 0.305 e. The van der Waals surface area contributed by atoms with Crippen LogP contribution in [0.4, 0.5) is 0 Å². The third kappa shape index (κ3) is 2.74. The van der Waals surface area contributed by atoms with E-state index in [-0.39, 0.29) is 24.2 Å². The van der Waals surface area contributed by atoms with Crippen LogP contribution in [0.1, 0.15) is 52.0 Å². The lowest BCUT2D eigenvalue weighted by atomic mass is 9.41. The van der Waals surface area contributed by atoms with Gasteiger partial charge in [-0.15, -0.1) is 0 Å². The standard InChI is InChI=1S/C27H32O7/c1-14-16(15-7-9-33-12-15)10-17-21(14)27(4)18(11-20(30)32-5)26(3)19(29)6-8-25(2,13-28)23(26)22(31)24(27)34-17/h6-9,12-13,16-18,22-24,31H,10-11H2,1-5H3. The maximum atomic E-state index is 13.6. The molecule has 1 aliphatic heterocycles. The van der Waals surface area contributed by atoms with Gasteiger partial charge in [-0.2, -0.15) is 0 Å². The van der Waals surface area contributed by atoms with Gasteiger partial charge in [-0.1, -0.05) is 25.5 Å². The van der Waals surface area contributed by atoms with Crippen molar-refractivity contribution in [1.29, 1.82) is 0 Å². The van der Waals surface area contributed by atoms with Gasteiger partial charge >= 0.3 is 5.97 Å². The second-order valence-electron chi connectivity index (χ2n) is 11.0. The Labute approximate surface area is 199 Å². The monoisotopic (exact) mass is 468 g/mol. The van der Waals surface area contributed by atoms with E-state index in [1.165, 1.54) is 13.2 Å². The molecule has 182 valence electrons. The molecule has 0 spiro atoms. The fraction of sp³-hybridized carbons (Fsp3) is 0.593. The molecule has 0 amide bonds. The van der Waals surface area contributed by atoms with Crippen LogP contribution in [0.25, 0.3) is 0 Å². The van der Waals surface area contributed by atoms with Gasteiger partial charge in [-0.05, 0) is 49.5 Å². The second-order valence-corrected chi connectivity index (χ2v) is 11.0. The number of furan rings is 1. The van der Waals surface area contributed by atoms with E-state index in [9.17, 15) is 19.5 Å². The van der Waals surface area contributed by atoms with E-state index >= 15 is 0 Å². The van der Waals surface area contributed by atoms with Gasteiger partial charge < -0.3 is 23.8 Å². The number of methoxy groups -OCH3 is 1. The molecule has 1 saturated carbocycles. The Kier molecular flexibility index (Phi) is 5.12. The molecule has 7 nitrogen and oxygen atoms in total. The zero-order chi connectivity index (χ0) is 24.6. The van der Waals surface area contributed by atoms with Gasteiger partial charge in [0.05, 0.1) is 44.4 Å². The van der Waals surface area contributed by atoms with Crippen molar-refractivity contribution in [2.75, 3.05) is 7.11 Å². The number of hydrogen-bond acceptors (Lipinski definition) is 7. The molecule has 34 heavy (non-hydrogen) atoms. The lowest BCUT2D eigenvalue weighted by molar-refractivity contribution is -0.209. The first-order chi connectivity index (χ1) is 16.0. The molecular formula is C27H32O7. The number of esters is 1. The molecular weight excluding hydrogens is 436 g/mol. The molecule has 4 aliphatic rings. The molecule has 1 N–H and O–H groups in total. The lowest BCUT2D eigenvalue weighted by Crippen LogP contribution is -2.68. The largest absolute Gasteiger partial charge is 0.472 e. The molecule has 0 aromatic carbocycles. The molecule has 1 aromatic heterocycles. The Morgan fingerprint density at radius 3 is 2.65 bits per heavy atom. The third-order valence-corrected chi connectivity index (χ3v) is 9.54. The van der Waals surface area contributed by atoms with E-state index in [0.717, 1.165) is 23.0 Å². The Morgan fingerprint density at radius 2 is 2.03 bits per heavy atom. The van der Waals surface area contributed by atoms with Crippen molar-refractivity contribution in [1.82, 2.24) is 0 Å². The highest BCUT2D eigenvalue weighted by atomic mass is 16.5. The van der Waals surface area contributed by atoms with Crippen molar-refractivity contribution in [2.45, 2.75) is 64.8 Å². The van der Waals surface area contributed by atoms with Crippen LogP contribution < -0.4 is 0 Å². The van der Waals surface area contributed by atoms with Crippen LogP contribution in [0, 0.1) is 28.1 Å². The molecule has 2 fully saturated rings. The predicted octanol–water partition coefficient (Wildman–Crippen LogP) is 3.38. The molecule has 3 aliphatic carbocycles. The van der Waals surface area contributed by atoms with Crippen molar-refractivity contribution < 1.29 is 33.4 Å². The van der Waals surface area contributed by atoms with Crippen LogP contribution in [-0.2, 0) is 23.9 Å². The number of rotatable bonds is 4. The molecule has 5 rings (SSSR count). The summed E-state index contributed by atoms with van der Waals surface area (Å²) < 4.78 is 17.0. The number of aldehydes is 1. The first kappa shape index (κ1) is 23.2. The summed E-state index contributed by atoms with van der Waals surface area (Å²) in [5.74, 6) is -1.77. The van der Waals surface area contributed by atoms with E-state index in [0.29, 0.717) is 6.42 Å². The summed E-state index contributed by atoms with van der Waals surface area (Å²) in [5, 5.41) is 11.8. The summed E-state index contributed by atoms with van der Waals surface area (Å²) in [4.78, 5) is 38.6. The van der Waals surface area contributed by atoms with Crippen molar-refractivity contribution >= 4 is 18.0 Å². The van der Waals surface area contributed by atoms with Gasteiger partial charge in [0.25, 0.3) is 0 Å². The molecule has 1 saturated heterocycles. The van der Waals surface area contributed by atoms with Crippen LogP contribution in [-0.4, -0.2) is 48.6 Å². The average molecular weight is 469 g/mol. The van der Waals surface area contributed by atoms with Crippen molar-refractivity contribution in [3.63, 3.8) is 0 Å². The van der Waals surface area contributed by atoms with Gasteiger partial charge in [0.1, 0.15) is 6.29 Å². The van der Waals surface area contributed by atoms with Crippen molar-refractivity contribution in [3.8, 4) is 0 Å². The molecule has 7 heteroatoms. The minimum absolute atomic E-state index is 0.0129. The summed E-state index contributed by atoms with van der Waals surface area (Å²) in [7, 11) is 1.33. The fourth-order valence-electron chi connectivity index (χ4n) is 8.03.